The Morgan fingerprint density at radius 1 is 1.02 bits per heavy atom. The SMILES string of the molecule is CO[C@@H]1C[C@]2([C@H](C)O)C3=CC[C@@]4(C)[C@H](C(=O)O)[C@@](C)([C@H](C)C(C)C)CC[C@]4(C)[C@H]3CC[C@H]2C(C)(C)[C@H]1OC[C@](C)(N)C(C)(C)C. The first-order valence-corrected chi connectivity index (χ1v) is 17.9. The van der Waals surface area contributed by atoms with Gasteiger partial charge in [0.05, 0.1) is 30.8 Å². The zero-order valence-electron chi connectivity index (χ0n) is 31.3. The van der Waals surface area contributed by atoms with Crippen LogP contribution in [0.3, 0.4) is 0 Å². The maximum atomic E-state index is 13.4. The number of methoxy groups -OCH3 is 1. The molecule has 0 aromatic carbocycles. The molecule has 6 heteroatoms. The number of allylic oxidation sites excluding steroid dienone is 1. The molecular weight excluding hydrogens is 562 g/mol. The Bertz CT molecular complexity index is 1150. The van der Waals surface area contributed by atoms with Gasteiger partial charge in [-0.2, -0.15) is 0 Å². The number of rotatable bonds is 8. The molecule has 12 atom stereocenters. The van der Waals surface area contributed by atoms with Crippen LogP contribution in [0.1, 0.15) is 129 Å². The average Bonchev–Trinajstić information content (AvgIpc) is 2.91. The summed E-state index contributed by atoms with van der Waals surface area (Å²) in [5.74, 6) is 0.0635. The molecule has 0 radical (unpaired) electrons. The molecule has 3 fully saturated rings. The van der Waals surface area contributed by atoms with Crippen LogP contribution < -0.4 is 5.73 Å². The summed E-state index contributed by atoms with van der Waals surface area (Å²) in [6.07, 6.45) is 6.80. The lowest BCUT2D eigenvalue weighted by atomic mass is 9.34. The summed E-state index contributed by atoms with van der Waals surface area (Å²) in [7, 11) is 1.78. The third-order valence-corrected chi connectivity index (χ3v) is 15.7. The van der Waals surface area contributed by atoms with Crippen molar-refractivity contribution in [2.45, 2.75) is 152 Å². The summed E-state index contributed by atoms with van der Waals surface area (Å²) in [5.41, 5.74) is 5.95. The molecule has 4 aliphatic carbocycles. The zero-order chi connectivity index (χ0) is 34.3. The molecule has 6 nitrogen and oxygen atoms in total. The van der Waals surface area contributed by atoms with E-state index in [1.54, 1.807) is 7.11 Å². The third kappa shape index (κ3) is 5.21. The van der Waals surface area contributed by atoms with Crippen molar-refractivity contribution in [3.63, 3.8) is 0 Å². The number of aliphatic carboxylic acids is 1. The molecule has 0 unspecified atom stereocenters. The van der Waals surface area contributed by atoms with Crippen molar-refractivity contribution in [3.8, 4) is 0 Å². The van der Waals surface area contributed by atoms with Crippen molar-refractivity contribution in [3.05, 3.63) is 11.6 Å². The largest absolute Gasteiger partial charge is 0.481 e. The van der Waals surface area contributed by atoms with Crippen molar-refractivity contribution in [1.82, 2.24) is 0 Å². The van der Waals surface area contributed by atoms with Crippen LogP contribution >= 0.6 is 0 Å². The van der Waals surface area contributed by atoms with Crippen LogP contribution in [0.25, 0.3) is 0 Å². The highest BCUT2D eigenvalue weighted by molar-refractivity contribution is 5.73. The molecule has 3 saturated carbocycles. The summed E-state index contributed by atoms with van der Waals surface area (Å²) in [6, 6.07) is 0. The van der Waals surface area contributed by atoms with Gasteiger partial charge < -0.3 is 25.4 Å². The minimum absolute atomic E-state index is 0.123. The van der Waals surface area contributed by atoms with Gasteiger partial charge in [0.25, 0.3) is 0 Å². The van der Waals surface area contributed by atoms with E-state index in [2.05, 4.69) is 89.2 Å². The number of hydrogen-bond donors (Lipinski definition) is 3. The van der Waals surface area contributed by atoms with E-state index in [9.17, 15) is 15.0 Å². The van der Waals surface area contributed by atoms with E-state index in [-0.39, 0.29) is 51.1 Å². The lowest BCUT2D eigenvalue weighted by Gasteiger charge is -2.70. The number of carboxylic acids is 1. The Morgan fingerprint density at radius 3 is 2.11 bits per heavy atom. The Kier molecular flexibility index (Phi) is 9.50. The van der Waals surface area contributed by atoms with Gasteiger partial charge in [0, 0.05) is 18.1 Å². The smallest absolute Gasteiger partial charge is 0.307 e. The second-order valence-corrected chi connectivity index (χ2v) is 19.1. The summed E-state index contributed by atoms with van der Waals surface area (Å²) < 4.78 is 13.1. The standard InChI is InChI=1S/C39H69NO5/c1-23(2)24(3)35(10)19-20-36(11)26-15-16-29-34(8,9)31(45-22-38(13,40)33(5,6)7)28(44-14)21-39(29,25(4)41)27(26)17-18-37(36,12)30(35)32(42)43/h17,23-26,28-31,41H,15-16,18-22,40H2,1-14H3,(H,42,43)/t24-,25+,26+,28-,29+,30-,31+,35-,36-,37+,38+,39+/m1/s1. The molecule has 4 N–H and O–H groups in total. The monoisotopic (exact) mass is 632 g/mol. The first kappa shape index (κ1) is 36.9. The second-order valence-electron chi connectivity index (χ2n) is 19.1. The van der Waals surface area contributed by atoms with Crippen molar-refractivity contribution in [2.24, 2.45) is 67.8 Å². The highest BCUT2D eigenvalue weighted by atomic mass is 16.5. The Labute approximate surface area is 275 Å². The fraction of sp³-hybridized carbons (Fsp3) is 0.923. The van der Waals surface area contributed by atoms with Gasteiger partial charge in [0.1, 0.15) is 0 Å². The van der Waals surface area contributed by atoms with E-state index in [1.165, 1.54) is 5.57 Å². The molecule has 0 spiro atoms. The number of nitrogens with two attached hydrogens (primary N) is 1. The van der Waals surface area contributed by atoms with E-state index in [1.807, 2.05) is 6.92 Å². The topological polar surface area (TPSA) is 102 Å². The Hall–Kier alpha value is -0.950. The van der Waals surface area contributed by atoms with Gasteiger partial charge in [-0.3, -0.25) is 4.79 Å². The number of ether oxygens (including phenoxy) is 2. The summed E-state index contributed by atoms with van der Waals surface area (Å²) >= 11 is 0. The zero-order valence-corrected chi connectivity index (χ0v) is 31.3. The third-order valence-electron chi connectivity index (χ3n) is 15.7. The van der Waals surface area contributed by atoms with Gasteiger partial charge in [-0.25, -0.2) is 0 Å². The first-order valence-electron chi connectivity index (χ1n) is 17.9. The number of hydrogen-bond acceptors (Lipinski definition) is 5. The first-order chi connectivity index (χ1) is 20.4. The van der Waals surface area contributed by atoms with E-state index >= 15 is 0 Å². The maximum Gasteiger partial charge on any atom is 0.307 e. The van der Waals surface area contributed by atoms with Gasteiger partial charge >= 0.3 is 5.97 Å². The minimum atomic E-state index is -0.644. The summed E-state index contributed by atoms with van der Waals surface area (Å²) in [6.45, 7) is 29.3. The molecule has 0 aliphatic heterocycles. The fourth-order valence-corrected chi connectivity index (χ4v) is 11.5. The van der Waals surface area contributed by atoms with E-state index in [0.717, 1.165) is 32.1 Å². The van der Waals surface area contributed by atoms with E-state index < -0.39 is 28.9 Å². The molecule has 0 aromatic rings. The van der Waals surface area contributed by atoms with Crippen LogP contribution in [-0.4, -0.2) is 53.7 Å². The highest BCUT2D eigenvalue weighted by Gasteiger charge is 2.71. The van der Waals surface area contributed by atoms with Crippen LogP contribution in [0.5, 0.6) is 0 Å². The van der Waals surface area contributed by atoms with Crippen molar-refractivity contribution in [2.75, 3.05) is 13.7 Å². The van der Waals surface area contributed by atoms with Crippen LogP contribution in [0.2, 0.25) is 0 Å². The molecule has 4 rings (SSSR count). The number of carbonyl (C=O) groups is 1. The average molecular weight is 632 g/mol. The second kappa shape index (κ2) is 11.6. The van der Waals surface area contributed by atoms with Crippen molar-refractivity contribution >= 4 is 5.97 Å². The van der Waals surface area contributed by atoms with Gasteiger partial charge in [-0.15, -0.1) is 0 Å². The lowest BCUT2D eigenvalue weighted by Crippen LogP contribution is -2.68. The van der Waals surface area contributed by atoms with Gasteiger partial charge in [0.2, 0.25) is 0 Å². The van der Waals surface area contributed by atoms with Gasteiger partial charge in [-0.1, -0.05) is 87.8 Å². The molecule has 45 heavy (non-hydrogen) atoms. The van der Waals surface area contributed by atoms with Crippen LogP contribution in [0, 0.1) is 62.1 Å². The summed E-state index contributed by atoms with van der Waals surface area (Å²) in [4.78, 5) is 13.4. The highest BCUT2D eigenvalue weighted by Crippen LogP contribution is 2.74. The van der Waals surface area contributed by atoms with Gasteiger partial charge in [0.15, 0.2) is 0 Å². The Balaban J connectivity index is 1.81. The molecule has 4 aliphatic rings. The number of aliphatic hydroxyl groups excluding tert-OH is 1. The minimum Gasteiger partial charge on any atom is -0.481 e. The molecular formula is C39H69NO5. The Morgan fingerprint density at radius 2 is 1.62 bits per heavy atom. The molecule has 0 saturated heterocycles. The van der Waals surface area contributed by atoms with Crippen molar-refractivity contribution in [1.29, 1.82) is 0 Å². The van der Waals surface area contributed by atoms with Crippen LogP contribution in [-0.2, 0) is 14.3 Å². The predicted octanol–water partition coefficient (Wildman–Crippen LogP) is 8.11. The van der Waals surface area contributed by atoms with Crippen LogP contribution in [0.4, 0.5) is 0 Å². The summed E-state index contributed by atoms with van der Waals surface area (Å²) in [5, 5.41) is 22.9. The molecule has 0 aromatic heterocycles. The number of aliphatic hydroxyl groups is 1. The predicted molar refractivity (Wildman–Crippen MR) is 183 cm³/mol. The lowest BCUT2D eigenvalue weighted by molar-refractivity contribution is -0.233. The number of carboxylic acid groups (broad SMARTS) is 1. The van der Waals surface area contributed by atoms with Crippen LogP contribution in [0.15, 0.2) is 11.6 Å². The molecule has 0 heterocycles. The molecule has 260 valence electrons. The molecule has 0 bridgehead atoms. The fourth-order valence-electron chi connectivity index (χ4n) is 11.5. The van der Waals surface area contributed by atoms with E-state index in [0.29, 0.717) is 24.9 Å². The normalized spacial score (nSPS) is 44.1. The van der Waals surface area contributed by atoms with Crippen molar-refractivity contribution < 1.29 is 24.5 Å². The van der Waals surface area contributed by atoms with E-state index in [4.69, 9.17) is 15.2 Å². The maximum absolute atomic E-state index is 13.4. The molecule has 0 amide bonds. The number of fused-ring (bicyclic) bond motifs is 5. The quantitative estimate of drug-likeness (QED) is 0.234. The van der Waals surface area contributed by atoms with Gasteiger partial charge in [-0.05, 0) is 103 Å².